The van der Waals surface area contributed by atoms with Crippen LogP contribution in [0.4, 0.5) is 19.0 Å². The number of fused-ring (bicyclic) bond motifs is 1. The molecule has 0 spiro atoms. The minimum Gasteiger partial charge on any atom is -0.390 e. The highest BCUT2D eigenvalue weighted by atomic mass is 19.4. The van der Waals surface area contributed by atoms with Gasteiger partial charge in [-0.25, -0.2) is 4.98 Å². The molecule has 0 aliphatic heterocycles. The zero-order chi connectivity index (χ0) is 15.0. The van der Waals surface area contributed by atoms with Crippen LogP contribution < -0.4 is 5.32 Å². The van der Waals surface area contributed by atoms with E-state index in [4.69, 9.17) is 0 Å². The molecule has 0 unspecified atom stereocenters. The highest BCUT2D eigenvalue weighted by molar-refractivity contribution is 5.45. The molecule has 0 saturated heterocycles. The zero-order valence-electron chi connectivity index (χ0n) is 10.9. The second-order valence-corrected chi connectivity index (χ2v) is 5.02. The van der Waals surface area contributed by atoms with Gasteiger partial charge in [0.2, 0.25) is 0 Å². The van der Waals surface area contributed by atoms with Crippen molar-refractivity contribution in [2.75, 3.05) is 5.32 Å². The van der Waals surface area contributed by atoms with E-state index in [1.54, 1.807) is 0 Å². The van der Waals surface area contributed by atoms with Crippen molar-refractivity contribution in [3.63, 3.8) is 0 Å². The lowest BCUT2D eigenvalue weighted by Crippen LogP contribution is -2.21. The zero-order valence-corrected chi connectivity index (χ0v) is 10.9. The minimum absolute atomic E-state index is 0.309. The number of pyridine rings is 1. The summed E-state index contributed by atoms with van der Waals surface area (Å²) < 4.78 is 37.4. The van der Waals surface area contributed by atoms with E-state index in [1.807, 2.05) is 24.3 Å². The number of hydrogen-bond acceptors (Lipinski definition) is 3. The summed E-state index contributed by atoms with van der Waals surface area (Å²) in [4.78, 5) is 3.77. The number of aliphatic hydroxyl groups excluding tert-OH is 1. The average molecular weight is 294 g/mol. The highest BCUT2D eigenvalue weighted by Crippen LogP contribution is 2.34. The van der Waals surface area contributed by atoms with Crippen molar-refractivity contribution in [3.05, 3.63) is 59.3 Å². The molecular weight excluding hydrogens is 281 g/mol. The average Bonchev–Trinajstić information content (AvgIpc) is 2.75. The van der Waals surface area contributed by atoms with Crippen molar-refractivity contribution in [3.8, 4) is 0 Å². The molecule has 21 heavy (non-hydrogen) atoms. The summed E-state index contributed by atoms with van der Waals surface area (Å²) >= 11 is 0. The summed E-state index contributed by atoms with van der Waals surface area (Å²) in [6.45, 7) is 0. The van der Waals surface area contributed by atoms with E-state index in [9.17, 15) is 18.3 Å². The Kier molecular flexibility index (Phi) is 3.33. The lowest BCUT2D eigenvalue weighted by molar-refractivity contribution is -0.137. The van der Waals surface area contributed by atoms with Crippen LogP contribution in [0, 0.1) is 0 Å². The van der Waals surface area contributed by atoms with Crippen molar-refractivity contribution in [2.24, 2.45) is 0 Å². The van der Waals surface area contributed by atoms with Crippen molar-refractivity contribution in [1.82, 2.24) is 4.98 Å². The van der Waals surface area contributed by atoms with Crippen LogP contribution in [0.1, 0.15) is 22.7 Å². The summed E-state index contributed by atoms with van der Waals surface area (Å²) in [5.74, 6) is 0.309. The molecule has 6 heteroatoms. The van der Waals surface area contributed by atoms with Crippen molar-refractivity contribution in [1.29, 1.82) is 0 Å². The first-order valence-electron chi connectivity index (χ1n) is 6.51. The molecule has 2 atom stereocenters. The van der Waals surface area contributed by atoms with Crippen LogP contribution >= 0.6 is 0 Å². The molecule has 0 fully saturated rings. The monoisotopic (exact) mass is 294 g/mol. The summed E-state index contributed by atoms with van der Waals surface area (Å²) in [6, 6.07) is 9.48. The van der Waals surface area contributed by atoms with Crippen molar-refractivity contribution in [2.45, 2.75) is 24.7 Å². The smallest absolute Gasteiger partial charge is 0.390 e. The maximum atomic E-state index is 12.5. The van der Waals surface area contributed by atoms with E-state index in [0.29, 0.717) is 12.2 Å². The van der Waals surface area contributed by atoms with Crippen LogP contribution in [0.25, 0.3) is 0 Å². The van der Waals surface area contributed by atoms with Gasteiger partial charge in [0.05, 0.1) is 17.7 Å². The molecule has 0 bridgehead atoms. The molecule has 1 aromatic heterocycles. The first-order chi connectivity index (χ1) is 9.95. The second kappa shape index (κ2) is 5.04. The topological polar surface area (TPSA) is 45.1 Å². The molecule has 1 aromatic carbocycles. The van der Waals surface area contributed by atoms with Crippen molar-refractivity contribution >= 4 is 5.82 Å². The predicted octanol–water partition coefficient (Wildman–Crippen LogP) is 3.17. The third kappa shape index (κ3) is 2.71. The lowest BCUT2D eigenvalue weighted by atomic mass is 10.1. The quantitative estimate of drug-likeness (QED) is 0.894. The molecule has 3 nitrogen and oxygen atoms in total. The number of nitrogens with zero attached hydrogens (tertiary/aromatic N) is 1. The number of alkyl halides is 3. The summed E-state index contributed by atoms with van der Waals surface area (Å²) in [7, 11) is 0. The normalized spacial score (nSPS) is 21.1. The number of rotatable bonds is 2. The number of halogens is 3. The maximum absolute atomic E-state index is 12.5. The highest BCUT2D eigenvalue weighted by Gasteiger charge is 2.32. The van der Waals surface area contributed by atoms with Gasteiger partial charge in [-0.1, -0.05) is 24.3 Å². The standard InChI is InChI=1S/C15H13F3N2O/c16-15(17,18)10-5-6-13(19-8-10)20-14-11-4-2-1-3-9(11)7-12(14)21/h1-6,8,12,14,21H,7H2,(H,19,20)/t12-,14+/m1/s1. The Bertz CT molecular complexity index is 640. The molecular formula is C15H13F3N2O. The molecule has 0 saturated carbocycles. The third-order valence-corrected chi connectivity index (χ3v) is 3.60. The van der Waals surface area contributed by atoms with E-state index < -0.39 is 17.8 Å². The fourth-order valence-corrected chi connectivity index (χ4v) is 2.55. The Morgan fingerprint density at radius 3 is 2.57 bits per heavy atom. The van der Waals surface area contributed by atoms with Gasteiger partial charge in [-0.05, 0) is 23.3 Å². The van der Waals surface area contributed by atoms with E-state index >= 15 is 0 Å². The number of aliphatic hydroxyl groups is 1. The molecule has 3 rings (SSSR count). The summed E-state index contributed by atoms with van der Waals surface area (Å²) in [6.07, 6.45) is -3.71. The largest absolute Gasteiger partial charge is 0.417 e. The van der Waals surface area contributed by atoms with Gasteiger partial charge in [-0.15, -0.1) is 0 Å². The minimum atomic E-state index is -4.40. The number of anilines is 1. The molecule has 1 heterocycles. The molecule has 1 aliphatic carbocycles. The molecule has 1 aliphatic rings. The predicted molar refractivity (Wildman–Crippen MR) is 71.8 cm³/mol. The van der Waals surface area contributed by atoms with E-state index in [0.717, 1.165) is 23.4 Å². The lowest BCUT2D eigenvalue weighted by Gasteiger charge is -2.18. The Balaban J connectivity index is 1.81. The van der Waals surface area contributed by atoms with E-state index in [-0.39, 0.29) is 6.04 Å². The number of aromatic nitrogens is 1. The number of nitrogens with one attached hydrogen (secondary N) is 1. The summed E-state index contributed by atoms with van der Waals surface area (Å²) in [5, 5.41) is 13.1. The Labute approximate surface area is 119 Å². The van der Waals surface area contributed by atoms with E-state index in [1.165, 1.54) is 6.07 Å². The SMILES string of the molecule is O[C@@H]1Cc2ccccc2[C@@H]1Nc1ccc(C(F)(F)F)cn1. The van der Waals surface area contributed by atoms with Gasteiger partial charge < -0.3 is 10.4 Å². The van der Waals surface area contributed by atoms with Crippen LogP contribution in [0.2, 0.25) is 0 Å². The fraction of sp³-hybridized carbons (Fsp3) is 0.267. The summed E-state index contributed by atoms with van der Waals surface area (Å²) in [5.41, 5.74) is 1.20. The fourth-order valence-electron chi connectivity index (χ4n) is 2.55. The van der Waals surface area contributed by atoms with Gasteiger partial charge in [0.15, 0.2) is 0 Å². The third-order valence-electron chi connectivity index (χ3n) is 3.60. The van der Waals surface area contributed by atoms with Gasteiger partial charge in [0, 0.05) is 12.6 Å². The Hall–Kier alpha value is -2.08. The number of hydrogen-bond donors (Lipinski definition) is 2. The maximum Gasteiger partial charge on any atom is 0.417 e. The molecule has 2 aromatic rings. The Morgan fingerprint density at radius 2 is 1.90 bits per heavy atom. The van der Waals surface area contributed by atoms with Gasteiger partial charge in [0.1, 0.15) is 5.82 Å². The number of benzene rings is 1. The van der Waals surface area contributed by atoms with Gasteiger partial charge in [-0.2, -0.15) is 13.2 Å². The van der Waals surface area contributed by atoms with E-state index in [2.05, 4.69) is 10.3 Å². The molecule has 0 amide bonds. The first kappa shape index (κ1) is 13.9. The molecule has 110 valence electrons. The van der Waals surface area contributed by atoms with Crippen molar-refractivity contribution < 1.29 is 18.3 Å². The van der Waals surface area contributed by atoms with Crippen LogP contribution in [-0.2, 0) is 12.6 Å². The van der Waals surface area contributed by atoms with Gasteiger partial charge in [-0.3, -0.25) is 0 Å². The van der Waals surface area contributed by atoms with Crippen LogP contribution in [0.5, 0.6) is 0 Å². The second-order valence-electron chi connectivity index (χ2n) is 5.02. The molecule has 0 radical (unpaired) electrons. The van der Waals surface area contributed by atoms with Crippen LogP contribution in [-0.4, -0.2) is 16.2 Å². The van der Waals surface area contributed by atoms with Gasteiger partial charge in [0.25, 0.3) is 0 Å². The van der Waals surface area contributed by atoms with Crippen LogP contribution in [0.3, 0.4) is 0 Å². The first-order valence-corrected chi connectivity index (χ1v) is 6.51. The van der Waals surface area contributed by atoms with Gasteiger partial charge >= 0.3 is 6.18 Å². The Morgan fingerprint density at radius 1 is 1.14 bits per heavy atom. The van der Waals surface area contributed by atoms with Crippen LogP contribution in [0.15, 0.2) is 42.6 Å². The molecule has 2 N–H and O–H groups in total.